The van der Waals surface area contributed by atoms with Gasteiger partial charge in [-0.15, -0.1) is 11.8 Å². The molecule has 0 unspecified atom stereocenters. The zero-order valence-corrected chi connectivity index (χ0v) is 12.5. The number of thioether (sulfide) groups is 1. The Morgan fingerprint density at radius 3 is 2.85 bits per heavy atom. The van der Waals surface area contributed by atoms with Crippen LogP contribution in [-0.4, -0.2) is 17.3 Å². The molecule has 4 nitrogen and oxygen atoms in total. The van der Waals surface area contributed by atoms with Gasteiger partial charge < -0.3 is 10.6 Å². The highest BCUT2D eigenvalue weighted by Crippen LogP contribution is 2.32. The van der Waals surface area contributed by atoms with Gasteiger partial charge in [-0.25, -0.2) is 4.79 Å². The number of nitrogens with zero attached hydrogens (tertiary/aromatic N) is 1. The van der Waals surface area contributed by atoms with Crippen LogP contribution in [0.4, 0.5) is 10.5 Å². The van der Waals surface area contributed by atoms with Crippen molar-refractivity contribution in [2.45, 2.75) is 11.4 Å². The van der Waals surface area contributed by atoms with Gasteiger partial charge in [0.15, 0.2) is 0 Å². The molecular weight excluding hydrogens is 294 g/mol. The van der Waals surface area contributed by atoms with Crippen LogP contribution in [0.5, 0.6) is 0 Å². The number of carbonyl (C=O) groups excluding carboxylic acids is 1. The Labute approximate surface area is 126 Å². The van der Waals surface area contributed by atoms with Crippen LogP contribution in [0.2, 0.25) is 5.02 Å². The van der Waals surface area contributed by atoms with E-state index in [1.165, 1.54) is 11.8 Å². The largest absolute Gasteiger partial charge is 0.332 e. The number of aromatic nitrogens is 1. The summed E-state index contributed by atoms with van der Waals surface area (Å²) < 4.78 is 0. The van der Waals surface area contributed by atoms with E-state index in [9.17, 15) is 4.79 Å². The van der Waals surface area contributed by atoms with E-state index in [2.05, 4.69) is 15.6 Å². The predicted molar refractivity (Wildman–Crippen MR) is 83.3 cm³/mol. The first-order chi connectivity index (χ1) is 9.70. The van der Waals surface area contributed by atoms with E-state index >= 15 is 0 Å². The molecule has 1 aromatic heterocycles. The second kappa shape index (κ2) is 7.17. The van der Waals surface area contributed by atoms with Crippen molar-refractivity contribution < 1.29 is 4.79 Å². The standard InChI is InChI=1S/C14H14ClN3OS/c1-20-13-11(15)6-4-7-12(13)18-14(19)17-9-10-5-2-3-8-16-10/h2-8H,9H2,1H3,(H2,17,18,19). The topological polar surface area (TPSA) is 54.0 Å². The maximum atomic E-state index is 11.9. The molecule has 0 aliphatic heterocycles. The molecule has 6 heteroatoms. The van der Waals surface area contributed by atoms with E-state index in [0.29, 0.717) is 17.3 Å². The Hall–Kier alpha value is -1.72. The highest BCUT2D eigenvalue weighted by Gasteiger charge is 2.09. The fraction of sp³-hybridized carbons (Fsp3) is 0.143. The number of nitrogens with one attached hydrogen (secondary N) is 2. The second-order valence-electron chi connectivity index (χ2n) is 3.95. The van der Waals surface area contributed by atoms with Gasteiger partial charge in [0.25, 0.3) is 0 Å². The van der Waals surface area contributed by atoms with Crippen LogP contribution >= 0.6 is 23.4 Å². The van der Waals surface area contributed by atoms with Crippen molar-refractivity contribution in [1.82, 2.24) is 10.3 Å². The smallest absolute Gasteiger partial charge is 0.319 e. The lowest BCUT2D eigenvalue weighted by atomic mass is 10.3. The maximum absolute atomic E-state index is 11.9. The molecule has 2 aromatic rings. The van der Waals surface area contributed by atoms with Gasteiger partial charge in [-0.1, -0.05) is 23.7 Å². The van der Waals surface area contributed by atoms with Crippen LogP contribution in [0.3, 0.4) is 0 Å². The number of amides is 2. The molecule has 1 aromatic carbocycles. The lowest BCUT2D eigenvalue weighted by Crippen LogP contribution is -2.28. The minimum Gasteiger partial charge on any atom is -0.332 e. The fourth-order valence-corrected chi connectivity index (χ4v) is 2.66. The average Bonchev–Trinajstić information content (AvgIpc) is 2.46. The molecule has 2 rings (SSSR count). The first-order valence-corrected chi connectivity index (χ1v) is 7.58. The zero-order valence-electron chi connectivity index (χ0n) is 10.9. The molecule has 2 amide bonds. The molecule has 0 aliphatic carbocycles. The van der Waals surface area contributed by atoms with Crippen molar-refractivity contribution in [3.8, 4) is 0 Å². The van der Waals surface area contributed by atoms with E-state index in [0.717, 1.165) is 10.6 Å². The number of urea groups is 1. The fourth-order valence-electron chi connectivity index (χ4n) is 1.65. The first-order valence-electron chi connectivity index (χ1n) is 5.98. The molecule has 0 fully saturated rings. The summed E-state index contributed by atoms with van der Waals surface area (Å²) >= 11 is 7.58. The second-order valence-corrected chi connectivity index (χ2v) is 5.17. The lowest BCUT2D eigenvalue weighted by molar-refractivity contribution is 0.251. The van der Waals surface area contributed by atoms with E-state index in [-0.39, 0.29) is 6.03 Å². The lowest BCUT2D eigenvalue weighted by Gasteiger charge is -2.11. The Kier molecular flexibility index (Phi) is 5.26. The molecule has 1 heterocycles. The number of carbonyl (C=O) groups is 1. The molecule has 0 radical (unpaired) electrons. The third-order valence-corrected chi connectivity index (χ3v) is 3.85. The van der Waals surface area contributed by atoms with Crippen LogP contribution in [-0.2, 0) is 6.54 Å². The number of pyridine rings is 1. The number of rotatable bonds is 4. The van der Waals surface area contributed by atoms with Crippen LogP contribution in [0.15, 0.2) is 47.5 Å². The molecule has 0 bridgehead atoms. The van der Waals surface area contributed by atoms with E-state index < -0.39 is 0 Å². The van der Waals surface area contributed by atoms with Gasteiger partial charge in [0.05, 0.1) is 22.9 Å². The summed E-state index contributed by atoms with van der Waals surface area (Å²) in [7, 11) is 0. The van der Waals surface area contributed by atoms with Crippen molar-refractivity contribution in [3.63, 3.8) is 0 Å². The van der Waals surface area contributed by atoms with Gasteiger partial charge in [0, 0.05) is 11.1 Å². The Balaban J connectivity index is 1.97. The number of anilines is 1. The third kappa shape index (κ3) is 3.88. The highest BCUT2D eigenvalue weighted by molar-refractivity contribution is 7.98. The number of hydrogen-bond donors (Lipinski definition) is 2. The van der Waals surface area contributed by atoms with Gasteiger partial charge >= 0.3 is 6.03 Å². The summed E-state index contributed by atoms with van der Waals surface area (Å²) in [5.41, 5.74) is 1.50. The van der Waals surface area contributed by atoms with Gasteiger partial charge in [0.1, 0.15) is 0 Å². The van der Waals surface area contributed by atoms with Crippen molar-refractivity contribution in [2.75, 3.05) is 11.6 Å². The highest BCUT2D eigenvalue weighted by atomic mass is 35.5. The predicted octanol–water partition coefficient (Wildman–Crippen LogP) is 3.78. The summed E-state index contributed by atoms with van der Waals surface area (Å²) in [6.45, 7) is 0.377. The molecule has 0 aliphatic rings. The molecule has 0 saturated heterocycles. The molecule has 104 valence electrons. The van der Waals surface area contributed by atoms with Crippen LogP contribution in [0.1, 0.15) is 5.69 Å². The minimum atomic E-state index is -0.284. The van der Waals surface area contributed by atoms with Crippen molar-refractivity contribution in [2.24, 2.45) is 0 Å². The molecule has 20 heavy (non-hydrogen) atoms. The summed E-state index contributed by atoms with van der Waals surface area (Å²) in [5, 5.41) is 6.17. The molecule has 2 N–H and O–H groups in total. The normalized spacial score (nSPS) is 10.1. The third-order valence-electron chi connectivity index (χ3n) is 2.58. The van der Waals surface area contributed by atoms with Gasteiger partial charge in [-0.05, 0) is 30.5 Å². The number of halogens is 1. The van der Waals surface area contributed by atoms with E-state index in [1.807, 2.05) is 30.5 Å². The Bertz CT molecular complexity index is 592. The molecule has 0 atom stereocenters. The SMILES string of the molecule is CSc1c(Cl)cccc1NC(=O)NCc1ccccn1. The molecule has 0 spiro atoms. The monoisotopic (exact) mass is 307 g/mol. The Morgan fingerprint density at radius 2 is 2.15 bits per heavy atom. The number of hydrogen-bond acceptors (Lipinski definition) is 3. The number of benzene rings is 1. The van der Waals surface area contributed by atoms with Crippen molar-refractivity contribution >= 4 is 35.1 Å². The summed E-state index contributed by atoms with van der Waals surface area (Å²) in [6.07, 6.45) is 3.61. The summed E-state index contributed by atoms with van der Waals surface area (Å²) in [5.74, 6) is 0. The van der Waals surface area contributed by atoms with Crippen molar-refractivity contribution in [1.29, 1.82) is 0 Å². The minimum absolute atomic E-state index is 0.284. The molecular formula is C14H14ClN3OS. The quantitative estimate of drug-likeness (QED) is 0.845. The Morgan fingerprint density at radius 1 is 1.30 bits per heavy atom. The van der Waals surface area contributed by atoms with Gasteiger partial charge in [-0.2, -0.15) is 0 Å². The van der Waals surface area contributed by atoms with Crippen LogP contribution in [0, 0.1) is 0 Å². The molecule has 0 saturated carbocycles. The van der Waals surface area contributed by atoms with Gasteiger partial charge in [0.2, 0.25) is 0 Å². The van der Waals surface area contributed by atoms with Crippen molar-refractivity contribution in [3.05, 3.63) is 53.3 Å². The summed E-state index contributed by atoms with van der Waals surface area (Å²) in [6, 6.07) is 10.7. The van der Waals surface area contributed by atoms with Gasteiger partial charge in [-0.3, -0.25) is 4.98 Å². The van der Waals surface area contributed by atoms with Crippen LogP contribution < -0.4 is 10.6 Å². The average molecular weight is 308 g/mol. The van der Waals surface area contributed by atoms with E-state index in [1.54, 1.807) is 18.3 Å². The zero-order chi connectivity index (χ0) is 14.4. The van der Waals surface area contributed by atoms with E-state index in [4.69, 9.17) is 11.6 Å². The van der Waals surface area contributed by atoms with Crippen LogP contribution in [0.25, 0.3) is 0 Å². The summed E-state index contributed by atoms with van der Waals surface area (Å²) in [4.78, 5) is 16.8. The first kappa shape index (κ1) is 14.7. The maximum Gasteiger partial charge on any atom is 0.319 e.